The van der Waals surface area contributed by atoms with Gasteiger partial charge in [-0.2, -0.15) is 4.98 Å². The second-order valence-corrected chi connectivity index (χ2v) is 10.4. The first-order chi connectivity index (χ1) is 15.6. The van der Waals surface area contributed by atoms with E-state index in [4.69, 9.17) is 14.2 Å². The van der Waals surface area contributed by atoms with Gasteiger partial charge in [-0.3, -0.25) is 10.1 Å². The van der Waals surface area contributed by atoms with Crippen LogP contribution >= 0.6 is 11.3 Å². The van der Waals surface area contributed by atoms with E-state index >= 15 is 0 Å². The largest absolute Gasteiger partial charge is 0.488 e. The molecule has 1 atom stereocenters. The average Bonchev–Trinajstić information content (AvgIpc) is 3.12. The number of rotatable bonds is 9. The number of aliphatic hydroxyl groups is 1. The molecule has 33 heavy (non-hydrogen) atoms. The summed E-state index contributed by atoms with van der Waals surface area (Å²) >= 11 is 1.28. The van der Waals surface area contributed by atoms with Crippen molar-refractivity contribution in [2.24, 2.45) is 0 Å². The summed E-state index contributed by atoms with van der Waals surface area (Å²) in [6.45, 7) is 3.30. The third kappa shape index (κ3) is 6.44. The summed E-state index contributed by atoms with van der Waals surface area (Å²) in [4.78, 5) is 18.1. The number of anilines is 1. The van der Waals surface area contributed by atoms with E-state index in [1.807, 2.05) is 6.92 Å². The van der Waals surface area contributed by atoms with Crippen molar-refractivity contribution in [2.75, 3.05) is 25.3 Å². The molecule has 1 unspecified atom stereocenters. The van der Waals surface area contributed by atoms with E-state index in [1.165, 1.54) is 54.8 Å². The van der Waals surface area contributed by atoms with E-state index in [2.05, 4.69) is 10.3 Å². The molecule has 1 aromatic heterocycles. The summed E-state index contributed by atoms with van der Waals surface area (Å²) in [6, 6.07) is 10.5. The molecule has 9 nitrogen and oxygen atoms in total. The first-order valence-electron chi connectivity index (χ1n) is 9.82. The van der Waals surface area contributed by atoms with Gasteiger partial charge in [-0.25, -0.2) is 8.42 Å². The van der Waals surface area contributed by atoms with Gasteiger partial charge in [0.1, 0.15) is 23.4 Å². The number of benzene rings is 2. The van der Waals surface area contributed by atoms with Crippen LogP contribution in [0.25, 0.3) is 0 Å². The molecule has 2 aromatic carbocycles. The van der Waals surface area contributed by atoms with Gasteiger partial charge < -0.3 is 19.3 Å². The summed E-state index contributed by atoms with van der Waals surface area (Å²) in [5.74, 6) is 0.987. The minimum absolute atomic E-state index is 0.165. The molecule has 3 aromatic rings. The van der Waals surface area contributed by atoms with Gasteiger partial charge in [0.2, 0.25) is 5.88 Å². The number of nitrogens with zero attached hydrogens (tertiary/aromatic N) is 1. The fourth-order valence-corrected chi connectivity index (χ4v) is 4.19. The Labute approximate surface area is 195 Å². The molecule has 0 saturated carbocycles. The van der Waals surface area contributed by atoms with Crippen molar-refractivity contribution in [1.82, 2.24) is 4.98 Å². The molecule has 0 radical (unpaired) electrons. The van der Waals surface area contributed by atoms with Crippen molar-refractivity contribution < 1.29 is 32.5 Å². The van der Waals surface area contributed by atoms with Crippen LogP contribution in [0.3, 0.4) is 0 Å². The Bertz CT molecular complexity index is 1240. The minimum atomic E-state index is -3.33. The van der Waals surface area contributed by atoms with Gasteiger partial charge in [-0.15, -0.1) is 0 Å². The minimum Gasteiger partial charge on any atom is -0.488 e. The Morgan fingerprint density at radius 2 is 1.82 bits per heavy atom. The number of carbonyl (C=O) groups is 1. The third-order valence-electron chi connectivity index (χ3n) is 4.39. The molecular weight excluding hydrogens is 468 g/mol. The smallest absolute Gasteiger partial charge is 0.257 e. The number of hydrogen-bond acceptors (Lipinski definition) is 9. The number of carbonyl (C=O) groups excluding carboxylic acids is 1. The van der Waals surface area contributed by atoms with Gasteiger partial charge in [-0.05, 0) is 50.2 Å². The maximum absolute atomic E-state index is 12.9. The Hall–Kier alpha value is -3.15. The van der Waals surface area contributed by atoms with Crippen LogP contribution in [-0.2, 0) is 9.84 Å². The Morgan fingerprint density at radius 1 is 1.15 bits per heavy atom. The molecule has 11 heteroatoms. The molecule has 0 aliphatic heterocycles. The topological polar surface area (TPSA) is 124 Å². The van der Waals surface area contributed by atoms with E-state index in [9.17, 15) is 18.3 Å². The van der Waals surface area contributed by atoms with Crippen molar-refractivity contribution in [1.29, 1.82) is 0 Å². The molecule has 2 N–H and O–H groups in total. The molecule has 0 aliphatic carbocycles. The summed E-state index contributed by atoms with van der Waals surface area (Å²) in [7, 11) is -1.83. The molecule has 1 heterocycles. The van der Waals surface area contributed by atoms with Crippen LogP contribution in [0.1, 0.15) is 22.2 Å². The maximum atomic E-state index is 12.9. The lowest BCUT2D eigenvalue weighted by atomic mass is 10.2. The number of hydrogen-bond donors (Lipinski definition) is 2. The van der Waals surface area contributed by atoms with E-state index in [0.29, 0.717) is 28.3 Å². The number of sulfone groups is 1. The predicted molar refractivity (Wildman–Crippen MR) is 125 cm³/mol. The van der Waals surface area contributed by atoms with E-state index < -0.39 is 21.8 Å². The summed E-state index contributed by atoms with van der Waals surface area (Å²) < 4.78 is 40.0. The highest BCUT2D eigenvalue weighted by Crippen LogP contribution is 2.31. The first kappa shape index (κ1) is 24.5. The van der Waals surface area contributed by atoms with Crippen LogP contribution < -0.4 is 19.5 Å². The number of thiazole rings is 1. The Balaban J connectivity index is 1.88. The third-order valence-corrected chi connectivity index (χ3v) is 6.39. The standard InChI is InChI=1S/C22H24N2O7S2/c1-13(12-25)30-17-9-15(20(26)23-22-24-21(29-3)14(2)32-22)10-18(11-17)31-16-5-7-19(8-6-16)33(4,27)28/h5-11,13,25H,12H2,1-4H3,(H,23,24,26). The number of aryl methyl sites for hydroxylation is 1. The van der Waals surface area contributed by atoms with Crippen LogP contribution in [-0.4, -0.2) is 50.5 Å². The van der Waals surface area contributed by atoms with Crippen molar-refractivity contribution >= 4 is 32.2 Å². The second-order valence-electron chi connectivity index (χ2n) is 7.19. The van der Waals surface area contributed by atoms with E-state index in [1.54, 1.807) is 13.0 Å². The predicted octanol–water partition coefficient (Wildman–Crippen LogP) is 3.67. The number of aliphatic hydroxyl groups excluding tert-OH is 1. The average molecular weight is 493 g/mol. The molecule has 0 saturated heterocycles. The Kier molecular flexibility index (Phi) is 7.57. The molecule has 176 valence electrons. The normalized spacial score (nSPS) is 12.2. The SMILES string of the molecule is COc1nc(NC(=O)c2cc(Oc3ccc(S(C)(=O)=O)cc3)cc(OC(C)CO)c2)sc1C. The quantitative estimate of drug-likeness (QED) is 0.464. The van der Waals surface area contributed by atoms with Gasteiger partial charge in [0, 0.05) is 17.9 Å². The highest BCUT2D eigenvalue weighted by atomic mass is 32.2. The van der Waals surface area contributed by atoms with Crippen molar-refractivity contribution in [3.8, 4) is 23.1 Å². The van der Waals surface area contributed by atoms with Crippen LogP contribution in [0.15, 0.2) is 47.4 Å². The zero-order valence-electron chi connectivity index (χ0n) is 18.5. The zero-order valence-corrected chi connectivity index (χ0v) is 20.1. The van der Waals surface area contributed by atoms with Gasteiger partial charge in [0.15, 0.2) is 15.0 Å². The van der Waals surface area contributed by atoms with Gasteiger partial charge >= 0.3 is 0 Å². The van der Waals surface area contributed by atoms with E-state index in [-0.39, 0.29) is 17.1 Å². The molecule has 0 fully saturated rings. The molecule has 3 rings (SSSR count). The van der Waals surface area contributed by atoms with Gasteiger partial charge in [-0.1, -0.05) is 11.3 Å². The van der Waals surface area contributed by atoms with Crippen LogP contribution in [0.4, 0.5) is 5.13 Å². The number of nitrogens with one attached hydrogen (secondary N) is 1. The molecule has 0 bridgehead atoms. The molecule has 0 aliphatic rings. The molecule has 1 amide bonds. The lowest BCUT2D eigenvalue weighted by molar-refractivity contribution is 0.102. The van der Waals surface area contributed by atoms with Crippen LogP contribution in [0, 0.1) is 6.92 Å². The van der Waals surface area contributed by atoms with E-state index in [0.717, 1.165) is 11.1 Å². The fraction of sp³-hybridized carbons (Fsp3) is 0.273. The summed E-state index contributed by atoms with van der Waals surface area (Å²) in [5.41, 5.74) is 0.243. The maximum Gasteiger partial charge on any atom is 0.257 e. The number of aromatic nitrogens is 1. The Morgan fingerprint density at radius 3 is 2.39 bits per heavy atom. The van der Waals surface area contributed by atoms with Crippen molar-refractivity contribution in [3.63, 3.8) is 0 Å². The van der Waals surface area contributed by atoms with Gasteiger partial charge in [0.05, 0.1) is 23.5 Å². The number of methoxy groups -OCH3 is 1. The van der Waals surface area contributed by atoms with Crippen molar-refractivity contribution in [3.05, 3.63) is 52.9 Å². The molecule has 0 spiro atoms. The number of ether oxygens (including phenoxy) is 3. The second kappa shape index (κ2) is 10.2. The lowest BCUT2D eigenvalue weighted by Crippen LogP contribution is -2.17. The van der Waals surface area contributed by atoms with Crippen molar-refractivity contribution in [2.45, 2.75) is 24.8 Å². The highest BCUT2D eigenvalue weighted by molar-refractivity contribution is 7.90. The monoisotopic (exact) mass is 492 g/mol. The fourth-order valence-electron chi connectivity index (χ4n) is 2.78. The van der Waals surface area contributed by atoms with Crippen LogP contribution in [0.5, 0.6) is 23.1 Å². The highest BCUT2D eigenvalue weighted by Gasteiger charge is 2.16. The van der Waals surface area contributed by atoms with Crippen LogP contribution in [0.2, 0.25) is 0 Å². The molecular formula is C22H24N2O7S2. The summed E-state index contributed by atoms with van der Waals surface area (Å²) in [6.07, 6.45) is 0.618. The lowest BCUT2D eigenvalue weighted by Gasteiger charge is -2.15. The summed E-state index contributed by atoms with van der Waals surface area (Å²) in [5, 5.41) is 12.4. The first-order valence-corrected chi connectivity index (χ1v) is 12.5. The number of amides is 1. The van der Waals surface area contributed by atoms with Gasteiger partial charge in [0.25, 0.3) is 5.91 Å². The zero-order chi connectivity index (χ0) is 24.2.